The van der Waals surface area contributed by atoms with E-state index in [1.807, 2.05) is 25.1 Å². The van der Waals surface area contributed by atoms with Crippen LogP contribution in [0, 0.1) is 16.3 Å². The van der Waals surface area contributed by atoms with E-state index in [-0.39, 0.29) is 11.9 Å². The molecule has 0 heterocycles. The molecule has 1 unspecified atom stereocenters. The monoisotopic (exact) mass is 375 g/mol. The van der Waals surface area contributed by atoms with E-state index in [2.05, 4.69) is 22.6 Å². The highest BCUT2D eigenvalue weighted by atomic mass is 127. The number of rotatable bonds is 2. The highest BCUT2D eigenvalue weighted by molar-refractivity contribution is 14.1. The molecule has 0 radical (unpaired) electrons. The van der Waals surface area contributed by atoms with Crippen molar-refractivity contribution in [2.24, 2.45) is 5.73 Å². The molecule has 1 atom stereocenters. The molecule has 0 saturated carbocycles. The minimum Gasteiger partial charge on any atom is -0.320 e. The fraction of sp³-hybridized carbons (Fsp3) is 0.143. The first-order chi connectivity index (χ1) is 8.49. The summed E-state index contributed by atoms with van der Waals surface area (Å²) >= 11 is 8.26. The summed E-state index contributed by atoms with van der Waals surface area (Å²) < 4.78 is 14.1. The summed E-state index contributed by atoms with van der Waals surface area (Å²) in [6.07, 6.45) is 0. The average Bonchev–Trinajstić information content (AvgIpc) is 2.32. The quantitative estimate of drug-likeness (QED) is 0.772. The molecule has 0 aromatic heterocycles. The lowest BCUT2D eigenvalue weighted by atomic mass is 9.96. The van der Waals surface area contributed by atoms with Gasteiger partial charge in [0.1, 0.15) is 5.82 Å². The maximum atomic E-state index is 13.1. The molecular weight excluding hydrogens is 364 g/mol. The van der Waals surface area contributed by atoms with E-state index >= 15 is 0 Å². The Morgan fingerprint density at radius 2 is 1.94 bits per heavy atom. The zero-order valence-electron chi connectivity index (χ0n) is 9.75. The van der Waals surface area contributed by atoms with Crippen LogP contribution in [-0.2, 0) is 0 Å². The lowest BCUT2D eigenvalue weighted by Crippen LogP contribution is -2.13. The molecule has 0 aliphatic rings. The third-order valence-corrected chi connectivity index (χ3v) is 4.44. The molecule has 2 N–H and O–H groups in total. The van der Waals surface area contributed by atoms with Gasteiger partial charge in [0.25, 0.3) is 0 Å². The summed E-state index contributed by atoms with van der Waals surface area (Å²) in [5, 5.41) is 0.684. The fourth-order valence-corrected chi connectivity index (χ4v) is 2.40. The van der Waals surface area contributed by atoms with Gasteiger partial charge in [0.2, 0.25) is 0 Å². The van der Waals surface area contributed by atoms with Gasteiger partial charge in [-0.05, 0) is 70.5 Å². The SMILES string of the molecule is Cc1cc(F)ccc1C(N)c1ccc(I)c(Cl)c1. The van der Waals surface area contributed by atoms with Gasteiger partial charge in [-0.15, -0.1) is 0 Å². The van der Waals surface area contributed by atoms with Crippen LogP contribution in [0.1, 0.15) is 22.7 Å². The van der Waals surface area contributed by atoms with Crippen molar-refractivity contribution in [2.45, 2.75) is 13.0 Å². The van der Waals surface area contributed by atoms with E-state index in [4.69, 9.17) is 17.3 Å². The molecule has 0 bridgehead atoms. The summed E-state index contributed by atoms with van der Waals surface area (Å²) in [5.41, 5.74) is 8.88. The standard InChI is InChI=1S/C14H12ClFIN/c1-8-6-10(16)3-4-11(8)14(18)9-2-5-13(17)12(15)7-9/h2-7,14H,18H2,1H3. The van der Waals surface area contributed by atoms with Gasteiger partial charge in [0.05, 0.1) is 11.1 Å². The minimum absolute atomic E-state index is 0.246. The summed E-state index contributed by atoms with van der Waals surface area (Å²) in [4.78, 5) is 0. The van der Waals surface area contributed by atoms with Gasteiger partial charge in [-0.1, -0.05) is 23.7 Å². The predicted octanol–water partition coefficient (Wildman–Crippen LogP) is 4.44. The zero-order valence-corrected chi connectivity index (χ0v) is 12.7. The molecule has 0 amide bonds. The molecule has 2 rings (SSSR count). The summed E-state index contributed by atoms with van der Waals surface area (Å²) in [6.45, 7) is 1.85. The third kappa shape index (κ3) is 2.84. The van der Waals surface area contributed by atoms with Crippen LogP contribution >= 0.6 is 34.2 Å². The van der Waals surface area contributed by atoms with Crippen molar-refractivity contribution in [1.82, 2.24) is 0 Å². The van der Waals surface area contributed by atoms with E-state index in [0.717, 1.165) is 20.3 Å². The number of benzene rings is 2. The van der Waals surface area contributed by atoms with Crippen LogP contribution < -0.4 is 5.73 Å². The van der Waals surface area contributed by atoms with Gasteiger partial charge in [0.15, 0.2) is 0 Å². The van der Waals surface area contributed by atoms with Gasteiger partial charge in [0, 0.05) is 3.57 Å². The Labute approximate surface area is 124 Å². The maximum absolute atomic E-state index is 13.1. The van der Waals surface area contributed by atoms with E-state index in [1.54, 1.807) is 6.07 Å². The van der Waals surface area contributed by atoms with E-state index in [9.17, 15) is 4.39 Å². The number of halogens is 3. The van der Waals surface area contributed by atoms with Crippen molar-refractivity contribution in [3.63, 3.8) is 0 Å². The lowest BCUT2D eigenvalue weighted by molar-refractivity contribution is 0.624. The van der Waals surface area contributed by atoms with Crippen molar-refractivity contribution >= 4 is 34.2 Å². The van der Waals surface area contributed by atoms with Gasteiger partial charge in [-0.2, -0.15) is 0 Å². The van der Waals surface area contributed by atoms with E-state index < -0.39 is 0 Å². The van der Waals surface area contributed by atoms with Crippen LogP contribution in [-0.4, -0.2) is 0 Å². The predicted molar refractivity (Wildman–Crippen MR) is 81.3 cm³/mol. The first-order valence-corrected chi connectivity index (χ1v) is 6.91. The van der Waals surface area contributed by atoms with Crippen LogP contribution in [0.4, 0.5) is 4.39 Å². The van der Waals surface area contributed by atoms with Gasteiger partial charge >= 0.3 is 0 Å². The molecular formula is C14H12ClFIN. The Morgan fingerprint density at radius 3 is 2.56 bits per heavy atom. The summed E-state index contributed by atoms with van der Waals surface area (Å²) in [6, 6.07) is 10.1. The largest absolute Gasteiger partial charge is 0.320 e. The first kappa shape index (κ1) is 13.8. The highest BCUT2D eigenvalue weighted by Gasteiger charge is 2.13. The van der Waals surface area contributed by atoms with Crippen molar-refractivity contribution in [3.8, 4) is 0 Å². The number of hydrogen-bond donors (Lipinski definition) is 1. The molecule has 1 nitrogen and oxygen atoms in total. The van der Waals surface area contributed by atoms with E-state index in [0.29, 0.717) is 5.02 Å². The maximum Gasteiger partial charge on any atom is 0.123 e. The van der Waals surface area contributed by atoms with Gasteiger partial charge in [-0.3, -0.25) is 0 Å². The van der Waals surface area contributed by atoms with Crippen molar-refractivity contribution < 1.29 is 4.39 Å². The Hall–Kier alpha value is -0.650. The Kier molecular flexibility index (Phi) is 4.25. The smallest absolute Gasteiger partial charge is 0.123 e. The second-order valence-corrected chi connectivity index (χ2v) is 5.72. The normalized spacial score (nSPS) is 12.5. The molecule has 2 aromatic rings. The molecule has 0 spiro atoms. The van der Waals surface area contributed by atoms with E-state index in [1.165, 1.54) is 12.1 Å². The number of nitrogens with two attached hydrogens (primary N) is 1. The molecule has 18 heavy (non-hydrogen) atoms. The number of aryl methyl sites for hydroxylation is 1. The minimum atomic E-state index is -0.292. The third-order valence-electron chi connectivity index (χ3n) is 2.87. The molecule has 0 aliphatic carbocycles. The zero-order chi connectivity index (χ0) is 13.3. The van der Waals surface area contributed by atoms with Crippen molar-refractivity contribution in [2.75, 3.05) is 0 Å². The Morgan fingerprint density at radius 1 is 1.22 bits per heavy atom. The van der Waals surface area contributed by atoms with Gasteiger partial charge in [-0.25, -0.2) is 4.39 Å². The Bertz CT molecular complexity index is 586. The second kappa shape index (κ2) is 5.55. The van der Waals surface area contributed by atoms with Crippen LogP contribution in [0.3, 0.4) is 0 Å². The second-order valence-electron chi connectivity index (χ2n) is 4.15. The topological polar surface area (TPSA) is 26.0 Å². The molecule has 0 fully saturated rings. The summed E-state index contributed by atoms with van der Waals surface area (Å²) in [5.74, 6) is -0.246. The first-order valence-electron chi connectivity index (χ1n) is 5.45. The van der Waals surface area contributed by atoms with Crippen molar-refractivity contribution in [1.29, 1.82) is 0 Å². The van der Waals surface area contributed by atoms with Crippen LogP contribution in [0.2, 0.25) is 5.02 Å². The number of hydrogen-bond acceptors (Lipinski definition) is 1. The Balaban J connectivity index is 2.41. The van der Waals surface area contributed by atoms with Crippen LogP contribution in [0.25, 0.3) is 0 Å². The van der Waals surface area contributed by atoms with Crippen molar-refractivity contribution in [3.05, 3.63) is 67.5 Å². The summed E-state index contributed by atoms with van der Waals surface area (Å²) in [7, 11) is 0. The molecule has 2 aromatic carbocycles. The lowest BCUT2D eigenvalue weighted by Gasteiger charge is -2.16. The average molecular weight is 376 g/mol. The highest BCUT2D eigenvalue weighted by Crippen LogP contribution is 2.27. The molecule has 0 aliphatic heterocycles. The van der Waals surface area contributed by atoms with Crippen LogP contribution in [0.15, 0.2) is 36.4 Å². The fourth-order valence-electron chi connectivity index (χ4n) is 1.87. The van der Waals surface area contributed by atoms with Crippen LogP contribution in [0.5, 0.6) is 0 Å². The van der Waals surface area contributed by atoms with Gasteiger partial charge < -0.3 is 5.73 Å². The molecule has 4 heteroatoms. The molecule has 94 valence electrons. The molecule has 0 saturated heterocycles.